The van der Waals surface area contributed by atoms with Crippen LogP contribution in [0.1, 0.15) is 29.8 Å². The molecule has 0 aliphatic carbocycles. The smallest absolute Gasteiger partial charge is 0.260 e. The van der Waals surface area contributed by atoms with Crippen LogP contribution in [0.4, 0.5) is 11.4 Å². The molecule has 0 saturated carbocycles. The van der Waals surface area contributed by atoms with Gasteiger partial charge in [0.15, 0.2) is 0 Å². The Labute approximate surface area is 185 Å². The number of hydrogen-bond donors (Lipinski definition) is 2. The number of fused-ring (bicyclic) bond motifs is 1. The highest BCUT2D eigenvalue weighted by molar-refractivity contribution is 9.10. The maximum Gasteiger partial charge on any atom is 0.260 e. The highest BCUT2D eigenvalue weighted by Crippen LogP contribution is 2.28. The van der Waals surface area contributed by atoms with E-state index >= 15 is 0 Å². The fraction of sp³-hybridized carbons (Fsp3) is 0.304. The zero-order chi connectivity index (χ0) is 21.4. The fourth-order valence-corrected chi connectivity index (χ4v) is 4.37. The minimum atomic E-state index is -0.407. The third kappa shape index (κ3) is 4.00. The molecule has 2 aromatic rings. The number of nitrogens with one attached hydrogen (secondary N) is 2. The van der Waals surface area contributed by atoms with E-state index in [4.69, 9.17) is 0 Å². The first-order valence-electron chi connectivity index (χ1n) is 10.0. The summed E-state index contributed by atoms with van der Waals surface area (Å²) in [4.78, 5) is 29.3. The number of carbonyl (C=O) groups excluding carboxylic acids is 2. The Hall–Kier alpha value is -2.64. The average Bonchev–Trinajstić information content (AvgIpc) is 2.71. The molecule has 0 radical (unpaired) electrons. The molecule has 0 aromatic heterocycles. The first-order valence-corrected chi connectivity index (χ1v) is 10.8. The molecule has 2 amide bonds. The van der Waals surface area contributed by atoms with Crippen molar-refractivity contribution in [1.82, 2.24) is 10.2 Å². The number of carbonyl (C=O) groups is 2. The molecule has 7 heteroatoms. The first kappa shape index (κ1) is 20.6. The van der Waals surface area contributed by atoms with Crippen molar-refractivity contribution in [2.45, 2.75) is 25.9 Å². The Morgan fingerprint density at radius 1 is 1.00 bits per heavy atom. The Morgan fingerprint density at radius 2 is 1.73 bits per heavy atom. The molecule has 2 atom stereocenters. The Balaban J connectivity index is 1.54. The number of benzene rings is 2. The van der Waals surface area contributed by atoms with Crippen molar-refractivity contribution in [3.63, 3.8) is 0 Å². The minimum absolute atomic E-state index is 0.375. The van der Waals surface area contributed by atoms with E-state index in [0.29, 0.717) is 28.8 Å². The molecule has 0 bridgehead atoms. The Morgan fingerprint density at radius 3 is 2.47 bits per heavy atom. The van der Waals surface area contributed by atoms with Crippen molar-refractivity contribution in [1.29, 1.82) is 0 Å². The fourth-order valence-electron chi connectivity index (χ4n) is 4.00. The van der Waals surface area contributed by atoms with Crippen molar-refractivity contribution in [2.75, 3.05) is 30.4 Å². The third-order valence-corrected chi connectivity index (χ3v) is 6.36. The van der Waals surface area contributed by atoms with E-state index in [0.717, 1.165) is 23.2 Å². The summed E-state index contributed by atoms with van der Waals surface area (Å²) in [6.07, 6.45) is 1.66. The lowest BCUT2D eigenvalue weighted by Gasteiger charge is -2.43. The Bertz CT molecular complexity index is 1020. The van der Waals surface area contributed by atoms with E-state index in [9.17, 15) is 9.59 Å². The van der Waals surface area contributed by atoms with Gasteiger partial charge in [-0.2, -0.15) is 0 Å². The van der Waals surface area contributed by atoms with Crippen LogP contribution in [0.2, 0.25) is 0 Å². The van der Waals surface area contributed by atoms with Crippen LogP contribution in [0.15, 0.2) is 53.1 Å². The van der Waals surface area contributed by atoms with Crippen molar-refractivity contribution in [3.05, 3.63) is 64.3 Å². The van der Waals surface area contributed by atoms with Crippen molar-refractivity contribution in [2.24, 2.45) is 0 Å². The SMILES string of the molecule is C[C@@H]1CN(c2ccc(NC=C3C(=O)NC(=O)c4ccc(Br)cc43)cc2)[C@@H](C)CN1C. The lowest BCUT2D eigenvalue weighted by atomic mass is 9.95. The second-order valence-corrected chi connectivity index (χ2v) is 8.93. The number of amides is 2. The number of halogens is 1. The van der Waals surface area contributed by atoms with E-state index in [1.165, 1.54) is 5.69 Å². The van der Waals surface area contributed by atoms with Gasteiger partial charge in [0.1, 0.15) is 0 Å². The number of imide groups is 1. The van der Waals surface area contributed by atoms with Crippen LogP contribution < -0.4 is 15.5 Å². The standard InChI is InChI=1S/C23H25BrN4O2/c1-14-13-28(15(2)12-27(14)3)18-7-5-17(6-8-18)25-11-21-20-10-16(24)4-9-19(20)22(29)26-23(21)30/h4-11,14-15,25H,12-13H2,1-3H3,(H,26,29,30)/t14-,15+/m1/s1. The van der Waals surface area contributed by atoms with Crippen LogP contribution in [-0.2, 0) is 4.79 Å². The first-order chi connectivity index (χ1) is 14.3. The number of nitrogens with zero attached hydrogens (tertiary/aromatic N) is 2. The zero-order valence-electron chi connectivity index (χ0n) is 17.3. The van der Waals surface area contributed by atoms with Crippen LogP contribution in [0, 0.1) is 0 Å². The van der Waals surface area contributed by atoms with Gasteiger partial charge in [0, 0.05) is 58.3 Å². The van der Waals surface area contributed by atoms with Gasteiger partial charge in [-0.15, -0.1) is 0 Å². The second-order valence-electron chi connectivity index (χ2n) is 8.01. The molecular weight excluding hydrogens is 444 g/mol. The van der Waals surface area contributed by atoms with Crippen molar-refractivity contribution in [3.8, 4) is 0 Å². The van der Waals surface area contributed by atoms with Crippen LogP contribution in [-0.4, -0.2) is 48.9 Å². The van der Waals surface area contributed by atoms with E-state index in [-0.39, 0.29) is 5.91 Å². The van der Waals surface area contributed by atoms with Gasteiger partial charge in [-0.05, 0) is 63.4 Å². The van der Waals surface area contributed by atoms with Gasteiger partial charge in [-0.3, -0.25) is 19.8 Å². The van der Waals surface area contributed by atoms with Crippen LogP contribution >= 0.6 is 15.9 Å². The van der Waals surface area contributed by atoms with Gasteiger partial charge in [0.2, 0.25) is 0 Å². The lowest BCUT2D eigenvalue weighted by Crippen LogP contribution is -2.55. The molecular formula is C23H25BrN4O2. The largest absolute Gasteiger partial charge is 0.366 e. The van der Waals surface area contributed by atoms with E-state index in [2.05, 4.69) is 69.4 Å². The number of piperazine rings is 1. The summed E-state index contributed by atoms with van der Waals surface area (Å²) in [5, 5.41) is 5.59. The average molecular weight is 469 g/mol. The predicted octanol–water partition coefficient (Wildman–Crippen LogP) is 3.70. The summed E-state index contributed by atoms with van der Waals surface area (Å²) >= 11 is 3.41. The summed E-state index contributed by atoms with van der Waals surface area (Å²) in [6, 6.07) is 14.5. The van der Waals surface area contributed by atoms with Crippen LogP contribution in [0.5, 0.6) is 0 Å². The molecule has 1 fully saturated rings. The zero-order valence-corrected chi connectivity index (χ0v) is 18.9. The summed E-state index contributed by atoms with van der Waals surface area (Å²) < 4.78 is 0.814. The number of rotatable bonds is 3. The number of hydrogen-bond acceptors (Lipinski definition) is 5. The second kappa shape index (κ2) is 8.24. The molecule has 30 heavy (non-hydrogen) atoms. The Kier molecular flexibility index (Phi) is 5.66. The van der Waals surface area contributed by atoms with Gasteiger partial charge in [-0.25, -0.2) is 0 Å². The quantitative estimate of drug-likeness (QED) is 0.530. The molecule has 4 rings (SSSR count). The normalized spacial score (nSPS) is 23.3. The number of anilines is 2. The third-order valence-electron chi connectivity index (χ3n) is 5.87. The predicted molar refractivity (Wildman–Crippen MR) is 124 cm³/mol. The highest BCUT2D eigenvalue weighted by atomic mass is 79.9. The van der Waals surface area contributed by atoms with Gasteiger partial charge < -0.3 is 10.2 Å². The van der Waals surface area contributed by atoms with Crippen molar-refractivity contribution >= 4 is 44.7 Å². The minimum Gasteiger partial charge on any atom is -0.366 e. The van der Waals surface area contributed by atoms with Gasteiger partial charge in [0.25, 0.3) is 11.8 Å². The molecule has 2 N–H and O–H groups in total. The maximum absolute atomic E-state index is 12.4. The molecule has 2 aromatic carbocycles. The summed E-state index contributed by atoms with van der Waals surface area (Å²) in [6.45, 7) is 6.53. The lowest BCUT2D eigenvalue weighted by molar-refractivity contribution is -0.114. The number of likely N-dealkylation sites (N-methyl/N-ethyl adjacent to an activating group) is 1. The maximum atomic E-state index is 12.4. The van der Waals surface area contributed by atoms with Gasteiger partial charge in [-0.1, -0.05) is 15.9 Å². The molecule has 156 valence electrons. The topological polar surface area (TPSA) is 64.7 Å². The highest BCUT2D eigenvalue weighted by Gasteiger charge is 2.28. The van der Waals surface area contributed by atoms with Crippen molar-refractivity contribution < 1.29 is 9.59 Å². The summed E-state index contributed by atoms with van der Waals surface area (Å²) in [5.41, 5.74) is 3.59. The molecule has 2 aliphatic heterocycles. The molecule has 0 unspecified atom stereocenters. The monoisotopic (exact) mass is 468 g/mol. The molecule has 0 spiro atoms. The van der Waals surface area contributed by atoms with Crippen LogP contribution in [0.25, 0.3) is 5.57 Å². The van der Waals surface area contributed by atoms with E-state index < -0.39 is 5.91 Å². The summed E-state index contributed by atoms with van der Waals surface area (Å²) in [7, 11) is 2.17. The van der Waals surface area contributed by atoms with E-state index in [1.807, 2.05) is 12.1 Å². The summed E-state index contributed by atoms with van der Waals surface area (Å²) in [5.74, 6) is -0.783. The van der Waals surface area contributed by atoms with E-state index in [1.54, 1.807) is 24.4 Å². The van der Waals surface area contributed by atoms with Gasteiger partial charge >= 0.3 is 0 Å². The molecule has 2 aliphatic rings. The molecule has 1 saturated heterocycles. The molecule has 2 heterocycles. The van der Waals surface area contributed by atoms with Gasteiger partial charge in [0.05, 0.1) is 5.57 Å². The van der Waals surface area contributed by atoms with Crippen LogP contribution in [0.3, 0.4) is 0 Å². The molecule has 6 nitrogen and oxygen atoms in total.